The zero-order chi connectivity index (χ0) is 21.3. The van der Waals surface area contributed by atoms with Crippen molar-refractivity contribution >= 4 is 80.4 Å². The van der Waals surface area contributed by atoms with Crippen molar-refractivity contribution in [2.45, 2.75) is 80.3 Å². The molecule has 0 aromatic carbocycles. The number of hydrogen-bond acceptors (Lipinski definition) is 9. The monoisotopic (exact) mass is 584 g/mol. The van der Waals surface area contributed by atoms with E-state index < -0.39 is 80.4 Å². The van der Waals surface area contributed by atoms with Gasteiger partial charge in [0.15, 0.2) is 0 Å². The van der Waals surface area contributed by atoms with E-state index in [4.69, 9.17) is 37.0 Å². The molecule has 182 valence electrons. The summed E-state index contributed by atoms with van der Waals surface area (Å²) >= 11 is 0. The first-order chi connectivity index (χ1) is 12.7. The van der Waals surface area contributed by atoms with Crippen molar-refractivity contribution in [3.8, 4) is 0 Å². The van der Waals surface area contributed by atoms with E-state index in [1.54, 1.807) is 0 Å². The smallest absolute Gasteiger partial charge is 0.420 e. The third-order valence-electron chi connectivity index (χ3n) is 4.61. The fourth-order valence-electron chi connectivity index (χ4n) is 3.43. The first kappa shape index (κ1) is 31.6. The first-order valence-electron chi connectivity index (χ1n) is 9.77. The van der Waals surface area contributed by atoms with Crippen molar-refractivity contribution in [3.05, 3.63) is 0 Å². The number of rotatable bonds is 3. The molecule has 4 unspecified atom stereocenters. The second-order valence-corrected chi connectivity index (χ2v) is 36.6. The van der Waals surface area contributed by atoms with Crippen LogP contribution in [0.3, 0.4) is 0 Å². The average Bonchev–Trinajstić information content (AvgIpc) is 2.40. The van der Waals surface area contributed by atoms with Crippen LogP contribution in [0.2, 0.25) is 65.5 Å². The van der Waals surface area contributed by atoms with Crippen molar-refractivity contribution in [1.29, 1.82) is 0 Å². The van der Waals surface area contributed by atoms with Gasteiger partial charge in [-0.25, -0.2) is 0 Å². The molecule has 2 rings (SSSR count). The predicted molar refractivity (Wildman–Crippen MR) is 142 cm³/mol. The van der Waals surface area contributed by atoms with Crippen molar-refractivity contribution in [2.24, 2.45) is 0 Å². The van der Waals surface area contributed by atoms with Gasteiger partial charge in [-0.05, 0) is 58.9 Å². The Kier molecular flexibility index (Phi) is 13.0. The molecule has 2 heterocycles. The highest BCUT2D eigenvalue weighted by Crippen LogP contribution is 2.31. The fraction of sp³-hybridized carbons (Fsp3) is 1.00. The minimum Gasteiger partial charge on any atom is -0.420 e. The van der Waals surface area contributed by atoms with E-state index in [-0.39, 0.29) is 14.9 Å². The third-order valence-corrected chi connectivity index (χ3v) is 44.5. The van der Waals surface area contributed by atoms with Crippen LogP contribution in [0.1, 0.15) is 14.9 Å². The van der Waals surface area contributed by atoms with Gasteiger partial charge in [-0.3, -0.25) is 0 Å². The van der Waals surface area contributed by atoms with E-state index in [1.807, 2.05) is 45.8 Å². The molecule has 0 aromatic heterocycles. The lowest BCUT2D eigenvalue weighted by Gasteiger charge is -2.47. The Hall–Kier alpha value is 1.59. The van der Waals surface area contributed by atoms with Gasteiger partial charge in [0, 0.05) is 6.55 Å². The maximum absolute atomic E-state index is 6.75. The van der Waals surface area contributed by atoms with Gasteiger partial charge in [0.25, 0.3) is 37.1 Å². The molecule has 18 heteroatoms. The lowest BCUT2D eigenvalue weighted by molar-refractivity contribution is 0.207. The lowest BCUT2D eigenvalue weighted by atomic mass is 11.9. The van der Waals surface area contributed by atoms with E-state index >= 15 is 0 Å². The Bertz CT molecular complexity index is 505. The van der Waals surface area contributed by atoms with E-state index in [2.05, 4.69) is 19.6 Å². The molecule has 2 saturated heterocycles. The number of hydrogen-bond donors (Lipinski definition) is 0. The zero-order valence-electron chi connectivity index (χ0n) is 18.6. The second kappa shape index (κ2) is 12.3. The molecule has 0 spiro atoms. The van der Waals surface area contributed by atoms with Crippen LogP contribution in [0.25, 0.3) is 0 Å². The topological polar surface area (TPSA) is 83.1 Å². The predicted octanol–water partition coefficient (Wildman–Crippen LogP) is 1.46. The van der Waals surface area contributed by atoms with Gasteiger partial charge in [0.1, 0.15) is 0 Å². The molecule has 0 bridgehead atoms. The minimum atomic E-state index is -2.94. The van der Waals surface area contributed by atoms with E-state index in [9.17, 15) is 0 Å². The molecular weight excluding hydrogens is 541 g/mol. The van der Waals surface area contributed by atoms with Crippen molar-refractivity contribution in [3.63, 3.8) is 0 Å². The molecule has 2 aliphatic rings. The van der Waals surface area contributed by atoms with Gasteiger partial charge in [-0.15, -0.1) is 0 Å². The van der Waals surface area contributed by atoms with Gasteiger partial charge in [-0.1, -0.05) is 14.9 Å². The summed E-state index contributed by atoms with van der Waals surface area (Å²) in [5.74, 6) is 0. The van der Waals surface area contributed by atoms with Crippen molar-refractivity contribution < 1.29 is 37.0 Å². The Labute approximate surface area is 197 Å². The SMILES string of the molecule is C.C.C[SiH]1O[SiH](C)O[Si](C)(O[Si](C)(C)[Si]2(C)O[SiH](C)O[SiH](C)O[SiH](C)O2)O[SiH](C)O1. The Morgan fingerprint density at radius 2 is 0.867 bits per heavy atom. The highest BCUT2D eigenvalue weighted by molar-refractivity contribution is 7.36. The summed E-state index contributed by atoms with van der Waals surface area (Å²) in [5.41, 5.74) is 0. The molecule has 0 N–H and O–H groups in total. The Morgan fingerprint density at radius 3 is 1.20 bits per heavy atom. The van der Waals surface area contributed by atoms with Crippen LogP contribution in [-0.4, -0.2) is 80.4 Å². The van der Waals surface area contributed by atoms with Gasteiger partial charge in [0.05, 0.1) is 0 Å². The minimum absolute atomic E-state index is 0. The van der Waals surface area contributed by atoms with Crippen molar-refractivity contribution in [2.75, 3.05) is 0 Å². The molecule has 9 nitrogen and oxygen atoms in total. The second-order valence-electron chi connectivity index (χ2n) is 7.84. The highest BCUT2D eigenvalue weighted by Gasteiger charge is 2.59. The van der Waals surface area contributed by atoms with Crippen LogP contribution >= 0.6 is 0 Å². The standard InChI is InChI=1S/C10H36O9Si9.2CH4/c1-20-11-22(3)15-27(9,16-23(4)12-20)19-26(7,8)28(10)17-24(5)13-21(2)14-25(6)18-28;;/h20-25H,1-10H3;2*1H4. The van der Waals surface area contributed by atoms with Gasteiger partial charge < -0.3 is 37.0 Å². The van der Waals surface area contributed by atoms with Crippen LogP contribution in [0.5, 0.6) is 0 Å². The maximum atomic E-state index is 6.75. The van der Waals surface area contributed by atoms with Crippen LogP contribution in [0.15, 0.2) is 0 Å². The van der Waals surface area contributed by atoms with Crippen LogP contribution in [0, 0.1) is 0 Å². The molecule has 0 aromatic rings. The summed E-state index contributed by atoms with van der Waals surface area (Å²) in [4.78, 5) is 0. The molecule has 0 amide bonds. The van der Waals surface area contributed by atoms with Gasteiger partial charge in [-0.2, -0.15) is 0 Å². The van der Waals surface area contributed by atoms with Crippen LogP contribution in [0.4, 0.5) is 0 Å². The van der Waals surface area contributed by atoms with Crippen LogP contribution in [-0.2, 0) is 37.0 Å². The van der Waals surface area contributed by atoms with E-state index in [1.165, 1.54) is 0 Å². The normalized spacial score (nSPS) is 43.8. The largest absolute Gasteiger partial charge is 0.468 e. The first-order valence-corrected chi connectivity index (χ1v) is 30.8. The summed E-state index contributed by atoms with van der Waals surface area (Å²) in [7, 11) is -18.9. The quantitative estimate of drug-likeness (QED) is 0.458. The molecule has 4 atom stereocenters. The summed E-state index contributed by atoms with van der Waals surface area (Å²) in [5, 5.41) is 0. The molecule has 0 radical (unpaired) electrons. The van der Waals surface area contributed by atoms with E-state index in [0.717, 1.165) is 0 Å². The average molecular weight is 585 g/mol. The molecule has 30 heavy (non-hydrogen) atoms. The molecule has 0 aliphatic carbocycles. The van der Waals surface area contributed by atoms with Gasteiger partial charge in [0.2, 0.25) is 7.83 Å². The molecule has 2 fully saturated rings. The Morgan fingerprint density at radius 1 is 0.567 bits per heavy atom. The summed E-state index contributed by atoms with van der Waals surface area (Å²) in [6.45, 7) is 20.5. The molecule has 2 aliphatic heterocycles. The summed E-state index contributed by atoms with van der Waals surface area (Å²) < 4.78 is 56.6. The molecular formula is C12H44O9Si9. The molecule has 0 saturated carbocycles. The Balaban J connectivity index is 0.00000420. The fourth-order valence-corrected chi connectivity index (χ4v) is 47.4. The lowest BCUT2D eigenvalue weighted by Crippen LogP contribution is -2.72. The highest BCUT2D eigenvalue weighted by atomic mass is 29.3. The maximum Gasteiger partial charge on any atom is 0.468 e. The third kappa shape index (κ3) is 8.75. The van der Waals surface area contributed by atoms with Gasteiger partial charge >= 0.3 is 35.5 Å². The summed E-state index contributed by atoms with van der Waals surface area (Å²) in [6, 6.07) is 0. The van der Waals surface area contributed by atoms with E-state index in [0.29, 0.717) is 0 Å². The summed E-state index contributed by atoms with van der Waals surface area (Å²) in [6.07, 6.45) is 0. The van der Waals surface area contributed by atoms with Crippen molar-refractivity contribution in [1.82, 2.24) is 0 Å². The zero-order valence-corrected chi connectivity index (χ0v) is 28.6. The van der Waals surface area contributed by atoms with Crippen LogP contribution < -0.4 is 0 Å².